The number of nitrogens with one attached hydrogen (secondary N) is 1. The van der Waals surface area contributed by atoms with Crippen LogP contribution in [0.2, 0.25) is 5.02 Å². The van der Waals surface area contributed by atoms with Gasteiger partial charge in [-0.25, -0.2) is 8.42 Å². The molecule has 0 aromatic heterocycles. The smallest absolute Gasteiger partial charge is 0.243 e. The van der Waals surface area contributed by atoms with Crippen LogP contribution in [-0.4, -0.2) is 37.8 Å². The van der Waals surface area contributed by atoms with Crippen LogP contribution in [-0.2, 0) is 14.8 Å². The van der Waals surface area contributed by atoms with E-state index >= 15 is 0 Å². The number of rotatable bonds is 4. The van der Waals surface area contributed by atoms with Crippen LogP contribution < -0.4 is 5.32 Å². The van der Waals surface area contributed by atoms with Crippen molar-refractivity contribution < 1.29 is 13.2 Å². The lowest BCUT2D eigenvalue weighted by molar-refractivity contribution is -0.127. The fourth-order valence-electron chi connectivity index (χ4n) is 3.98. The molecule has 1 saturated carbocycles. The van der Waals surface area contributed by atoms with Crippen molar-refractivity contribution in [3.63, 3.8) is 0 Å². The van der Waals surface area contributed by atoms with E-state index in [0.29, 0.717) is 23.6 Å². The summed E-state index contributed by atoms with van der Waals surface area (Å²) in [6.45, 7) is 2.45. The molecule has 0 bridgehead atoms. The first kappa shape index (κ1) is 19.6. The molecule has 7 heteroatoms. The van der Waals surface area contributed by atoms with Crippen LogP contribution in [0, 0.1) is 12.8 Å². The van der Waals surface area contributed by atoms with Gasteiger partial charge in [-0.05, 0) is 56.4 Å². The van der Waals surface area contributed by atoms with Crippen molar-refractivity contribution in [1.82, 2.24) is 9.62 Å². The molecule has 5 nitrogen and oxygen atoms in total. The second-order valence-corrected chi connectivity index (χ2v) is 9.80. The Kier molecular flexibility index (Phi) is 6.25. The van der Waals surface area contributed by atoms with E-state index in [2.05, 4.69) is 5.32 Å². The molecule has 1 N–H and O–H groups in total. The zero-order chi connectivity index (χ0) is 18.7. The highest BCUT2D eigenvalue weighted by atomic mass is 35.5. The van der Waals surface area contributed by atoms with Crippen LogP contribution in [0.15, 0.2) is 23.1 Å². The summed E-state index contributed by atoms with van der Waals surface area (Å²) in [5.74, 6) is -0.266. The fourth-order valence-corrected chi connectivity index (χ4v) is 5.94. The maximum Gasteiger partial charge on any atom is 0.243 e. The first-order valence-electron chi connectivity index (χ1n) is 9.44. The van der Waals surface area contributed by atoms with Crippen molar-refractivity contribution in [3.05, 3.63) is 28.8 Å². The number of sulfonamides is 1. The van der Waals surface area contributed by atoms with Gasteiger partial charge in [0, 0.05) is 24.2 Å². The Morgan fingerprint density at radius 3 is 2.58 bits per heavy atom. The third kappa shape index (κ3) is 4.41. The molecule has 1 aliphatic heterocycles. The summed E-state index contributed by atoms with van der Waals surface area (Å²) in [6, 6.07) is 5.06. The molecule has 0 spiro atoms. The summed E-state index contributed by atoms with van der Waals surface area (Å²) < 4.78 is 27.5. The van der Waals surface area contributed by atoms with Crippen LogP contribution in [0.5, 0.6) is 0 Å². The minimum Gasteiger partial charge on any atom is -0.353 e. The summed E-state index contributed by atoms with van der Waals surface area (Å²) >= 11 is 5.95. The minimum absolute atomic E-state index is 0.00429. The molecule has 2 aliphatic rings. The summed E-state index contributed by atoms with van der Waals surface area (Å²) in [4.78, 5) is 12.9. The van der Waals surface area contributed by atoms with Crippen LogP contribution in [0.1, 0.15) is 50.5 Å². The number of halogens is 1. The number of aryl methyl sites for hydroxylation is 1. The third-order valence-corrected chi connectivity index (χ3v) is 7.72. The summed E-state index contributed by atoms with van der Waals surface area (Å²) in [5.41, 5.74) is 0.631. The lowest BCUT2D eigenvalue weighted by Gasteiger charge is -2.33. The molecule has 26 heavy (non-hydrogen) atoms. The Labute approximate surface area is 161 Å². The van der Waals surface area contributed by atoms with Gasteiger partial charge in [-0.15, -0.1) is 0 Å². The highest BCUT2D eigenvalue weighted by Crippen LogP contribution is 2.27. The molecular weight excluding hydrogens is 372 g/mol. The van der Waals surface area contributed by atoms with E-state index < -0.39 is 10.0 Å². The lowest BCUT2D eigenvalue weighted by Crippen LogP contribution is -2.47. The van der Waals surface area contributed by atoms with Gasteiger partial charge in [-0.1, -0.05) is 30.9 Å². The third-order valence-electron chi connectivity index (χ3n) is 5.46. The van der Waals surface area contributed by atoms with Gasteiger partial charge in [0.2, 0.25) is 15.9 Å². The predicted octanol–water partition coefficient (Wildman–Crippen LogP) is 3.50. The Morgan fingerprint density at radius 1 is 1.15 bits per heavy atom. The van der Waals surface area contributed by atoms with E-state index in [9.17, 15) is 13.2 Å². The average molecular weight is 399 g/mol. The predicted molar refractivity (Wildman–Crippen MR) is 103 cm³/mol. The van der Waals surface area contributed by atoms with E-state index in [1.165, 1.54) is 10.7 Å². The van der Waals surface area contributed by atoms with E-state index in [0.717, 1.165) is 32.1 Å². The molecule has 1 unspecified atom stereocenters. The van der Waals surface area contributed by atoms with Crippen molar-refractivity contribution in [2.45, 2.75) is 62.8 Å². The van der Waals surface area contributed by atoms with Crippen molar-refractivity contribution in [2.24, 2.45) is 5.92 Å². The van der Waals surface area contributed by atoms with E-state index in [4.69, 9.17) is 11.6 Å². The molecule has 3 rings (SSSR count). The molecule has 1 atom stereocenters. The van der Waals surface area contributed by atoms with E-state index in [1.807, 2.05) is 0 Å². The number of piperidine rings is 1. The van der Waals surface area contributed by atoms with Gasteiger partial charge in [-0.3, -0.25) is 4.79 Å². The zero-order valence-corrected chi connectivity index (χ0v) is 16.8. The standard InChI is InChI=1S/C19H27ClN2O3S/c1-14-12-16(20)9-10-18(14)26(24,25)22-11-5-6-15(13-22)19(23)21-17-7-3-2-4-8-17/h9-10,12,15,17H,2-8,11,13H2,1H3,(H,21,23). The molecule has 1 saturated heterocycles. The molecule has 1 aliphatic carbocycles. The van der Waals surface area contributed by atoms with Crippen molar-refractivity contribution in [2.75, 3.05) is 13.1 Å². The Balaban J connectivity index is 1.69. The maximum atomic E-state index is 13.0. The van der Waals surface area contributed by atoms with Gasteiger partial charge in [0.25, 0.3) is 0 Å². The van der Waals surface area contributed by atoms with Crippen LogP contribution in [0.4, 0.5) is 0 Å². The SMILES string of the molecule is Cc1cc(Cl)ccc1S(=O)(=O)N1CCCC(C(=O)NC2CCCCC2)C1. The van der Waals surface area contributed by atoms with Crippen molar-refractivity contribution in [3.8, 4) is 0 Å². The van der Waals surface area contributed by atoms with E-state index in [-0.39, 0.29) is 29.3 Å². The monoisotopic (exact) mass is 398 g/mol. The second kappa shape index (κ2) is 8.28. The Hall–Kier alpha value is -1.11. The number of hydrogen-bond acceptors (Lipinski definition) is 3. The van der Waals surface area contributed by atoms with Gasteiger partial charge in [0.1, 0.15) is 0 Å². The highest BCUT2D eigenvalue weighted by Gasteiger charge is 2.34. The van der Waals surface area contributed by atoms with Crippen LogP contribution in [0.25, 0.3) is 0 Å². The molecule has 1 aromatic rings. The molecule has 0 radical (unpaired) electrons. The molecule has 1 heterocycles. The van der Waals surface area contributed by atoms with Gasteiger partial charge < -0.3 is 5.32 Å². The van der Waals surface area contributed by atoms with Gasteiger partial charge in [0.05, 0.1) is 10.8 Å². The average Bonchev–Trinajstić information content (AvgIpc) is 2.62. The summed E-state index contributed by atoms with van der Waals surface area (Å²) in [5, 5.41) is 3.66. The van der Waals surface area contributed by atoms with Gasteiger partial charge >= 0.3 is 0 Å². The molecular formula is C19H27ClN2O3S. The normalized spacial score (nSPS) is 22.9. The van der Waals surface area contributed by atoms with Crippen LogP contribution >= 0.6 is 11.6 Å². The van der Waals surface area contributed by atoms with Gasteiger partial charge in [-0.2, -0.15) is 4.31 Å². The number of nitrogens with zero attached hydrogens (tertiary/aromatic N) is 1. The summed E-state index contributed by atoms with van der Waals surface area (Å²) in [7, 11) is -3.61. The number of hydrogen-bond donors (Lipinski definition) is 1. The van der Waals surface area contributed by atoms with Crippen LogP contribution in [0.3, 0.4) is 0 Å². The Bertz CT molecular complexity index is 760. The quantitative estimate of drug-likeness (QED) is 0.844. The lowest BCUT2D eigenvalue weighted by atomic mass is 9.93. The first-order chi connectivity index (χ1) is 12.4. The number of benzene rings is 1. The zero-order valence-electron chi connectivity index (χ0n) is 15.2. The second-order valence-electron chi connectivity index (χ2n) is 7.46. The number of carbonyl (C=O) groups is 1. The Morgan fingerprint density at radius 2 is 1.88 bits per heavy atom. The minimum atomic E-state index is -3.61. The van der Waals surface area contributed by atoms with E-state index in [1.54, 1.807) is 25.1 Å². The molecule has 1 amide bonds. The van der Waals surface area contributed by atoms with Crippen molar-refractivity contribution in [1.29, 1.82) is 0 Å². The molecule has 144 valence electrons. The number of carbonyl (C=O) groups excluding carboxylic acids is 1. The maximum absolute atomic E-state index is 13.0. The molecule has 1 aromatic carbocycles. The number of amides is 1. The molecule has 2 fully saturated rings. The first-order valence-corrected chi connectivity index (χ1v) is 11.3. The highest BCUT2D eigenvalue weighted by molar-refractivity contribution is 7.89. The fraction of sp³-hybridized carbons (Fsp3) is 0.632. The van der Waals surface area contributed by atoms with Gasteiger partial charge in [0.15, 0.2) is 0 Å². The largest absolute Gasteiger partial charge is 0.353 e. The topological polar surface area (TPSA) is 66.5 Å². The summed E-state index contributed by atoms with van der Waals surface area (Å²) in [6.07, 6.45) is 7.06. The van der Waals surface area contributed by atoms with Crippen molar-refractivity contribution >= 4 is 27.5 Å².